The molecule has 2 amide bonds. The van der Waals surface area contributed by atoms with Gasteiger partial charge in [-0.3, -0.25) is 4.79 Å². The van der Waals surface area contributed by atoms with Gasteiger partial charge in [0, 0.05) is 31.6 Å². The molecule has 0 saturated carbocycles. The van der Waals surface area contributed by atoms with Gasteiger partial charge in [0.25, 0.3) is 0 Å². The Morgan fingerprint density at radius 3 is 2.63 bits per heavy atom. The highest BCUT2D eigenvalue weighted by atomic mass is 16.4. The molecule has 0 bridgehead atoms. The first-order valence-corrected chi connectivity index (χ1v) is 7.32. The summed E-state index contributed by atoms with van der Waals surface area (Å²) in [5.41, 5.74) is 0. The molecule has 2 saturated heterocycles. The van der Waals surface area contributed by atoms with Crippen LogP contribution in [0.25, 0.3) is 0 Å². The van der Waals surface area contributed by atoms with Gasteiger partial charge in [-0.15, -0.1) is 0 Å². The van der Waals surface area contributed by atoms with Gasteiger partial charge in [-0.1, -0.05) is 6.92 Å². The summed E-state index contributed by atoms with van der Waals surface area (Å²) in [5, 5.41) is 8.82. The van der Waals surface area contributed by atoms with Gasteiger partial charge in [-0.25, -0.2) is 4.79 Å². The zero-order valence-electron chi connectivity index (χ0n) is 11.8. The van der Waals surface area contributed by atoms with E-state index in [4.69, 9.17) is 5.11 Å². The van der Waals surface area contributed by atoms with Crippen molar-refractivity contribution >= 4 is 12.0 Å². The van der Waals surface area contributed by atoms with Crippen LogP contribution < -0.4 is 0 Å². The Kier molecular flexibility index (Phi) is 4.32. The normalized spacial score (nSPS) is 30.9. The Morgan fingerprint density at radius 2 is 2.00 bits per heavy atom. The van der Waals surface area contributed by atoms with Crippen LogP contribution in [-0.2, 0) is 4.79 Å². The number of hydrogen-bond donors (Lipinski definition) is 1. The van der Waals surface area contributed by atoms with Gasteiger partial charge in [0.2, 0.25) is 0 Å². The Morgan fingerprint density at radius 1 is 1.26 bits per heavy atom. The van der Waals surface area contributed by atoms with E-state index >= 15 is 0 Å². The molecule has 5 heteroatoms. The van der Waals surface area contributed by atoms with Gasteiger partial charge in [0.15, 0.2) is 0 Å². The molecule has 2 heterocycles. The molecule has 19 heavy (non-hydrogen) atoms. The van der Waals surface area contributed by atoms with Crippen molar-refractivity contribution in [1.82, 2.24) is 9.80 Å². The molecule has 0 aromatic heterocycles. The SMILES string of the molecule is CCC1CCC(C)N1C(=O)N1CCC(CC(=O)O)C1. The predicted molar refractivity (Wildman–Crippen MR) is 71.9 cm³/mol. The maximum absolute atomic E-state index is 12.6. The van der Waals surface area contributed by atoms with Crippen LogP contribution in [0, 0.1) is 5.92 Å². The smallest absolute Gasteiger partial charge is 0.320 e. The van der Waals surface area contributed by atoms with Crippen LogP contribution in [0.3, 0.4) is 0 Å². The van der Waals surface area contributed by atoms with Crippen molar-refractivity contribution in [3.63, 3.8) is 0 Å². The van der Waals surface area contributed by atoms with Crippen LogP contribution in [0.15, 0.2) is 0 Å². The van der Waals surface area contributed by atoms with E-state index in [-0.39, 0.29) is 18.4 Å². The third-order valence-corrected chi connectivity index (χ3v) is 4.50. The second kappa shape index (κ2) is 5.80. The Bertz CT molecular complexity index is 359. The molecular formula is C14H24N2O3. The fraction of sp³-hybridized carbons (Fsp3) is 0.857. The predicted octanol–water partition coefficient (Wildman–Crippen LogP) is 2.17. The van der Waals surface area contributed by atoms with Crippen molar-refractivity contribution in [2.45, 2.75) is 58.0 Å². The topological polar surface area (TPSA) is 60.9 Å². The van der Waals surface area contributed by atoms with Crippen molar-refractivity contribution < 1.29 is 14.7 Å². The summed E-state index contributed by atoms with van der Waals surface area (Å²) < 4.78 is 0. The van der Waals surface area contributed by atoms with E-state index in [2.05, 4.69) is 13.8 Å². The standard InChI is InChI=1S/C14H24N2O3/c1-3-12-5-4-10(2)16(12)14(19)15-7-6-11(9-15)8-13(17)18/h10-12H,3-9H2,1-2H3,(H,17,18). The number of nitrogens with zero attached hydrogens (tertiary/aromatic N) is 2. The van der Waals surface area contributed by atoms with Gasteiger partial charge in [0.05, 0.1) is 0 Å². The fourth-order valence-corrected chi connectivity index (χ4v) is 3.40. The lowest BCUT2D eigenvalue weighted by Gasteiger charge is -2.32. The van der Waals surface area contributed by atoms with Crippen molar-refractivity contribution in [1.29, 1.82) is 0 Å². The van der Waals surface area contributed by atoms with E-state index < -0.39 is 5.97 Å². The molecule has 0 spiro atoms. The minimum Gasteiger partial charge on any atom is -0.481 e. The van der Waals surface area contributed by atoms with E-state index in [9.17, 15) is 9.59 Å². The lowest BCUT2D eigenvalue weighted by Crippen LogP contribution is -2.47. The first-order chi connectivity index (χ1) is 9.02. The highest BCUT2D eigenvalue weighted by molar-refractivity contribution is 5.76. The first-order valence-electron chi connectivity index (χ1n) is 7.32. The number of likely N-dealkylation sites (tertiary alicyclic amines) is 2. The monoisotopic (exact) mass is 268 g/mol. The largest absolute Gasteiger partial charge is 0.481 e. The number of urea groups is 1. The lowest BCUT2D eigenvalue weighted by molar-refractivity contribution is -0.138. The maximum atomic E-state index is 12.6. The third kappa shape index (κ3) is 3.01. The van der Waals surface area contributed by atoms with Crippen LogP contribution in [0.1, 0.15) is 46.0 Å². The van der Waals surface area contributed by atoms with Crippen molar-refractivity contribution in [2.75, 3.05) is 13.1 Å². The minimum atomic E-state index is -0.764. The van der Waals surface area contributed by atoms with E-state index in [0.29, 0.717) is 25.2 Å². The molecule has 0 aromatic carbocycles. The summed E-state index contributed by atoms with van der Waals surface area (Å²) in [4.78, 5) is 27.2. The molecule has 0 radical (unpaired) electrons. The molecule has 2 rings (SSSR count). The van der Waals surface area contributed by atoms with Crippen LogP contribution >= 0.6 is 0 Å². The molecule has 0 aliphatic carbocycles. The zero-order valence-corrected chi connectivity index (χ0v) is 11.8. The third-order valence-electron chi connectivity index (χ3n) is 4.50. The highest BCUT2D eigenvalue weighted by Gasteiger charge is 2.38. The summed E-state index contributed by atoms with van der Waals surface area (Å²) in [6.07, 6.45) is 4.17. The average molecular weight is 268 g/mol. The molecular weight excluding hydrogens is 244 g/mol. The Balaban J connectivity index is 1.95. The molecule has 3 unspecified atom stereocenters. The summed E-state index contributed by atoms with van der Waals surface area (Å²) in [6, 6.07) is 0.793. The van der Waals surface area contributed by atoms with Crippen molar-refractivity contribution in [2.24, 2.45) is 5.92 Å². The van der Waals surface area contributed by atoms with E-state index in [1.807, 2.05) is 9.80 Å². The number of carboxylic acids is 1. The highest BCUT2D eigenvalue weighted by Crippen LogP contribution is 2.29. The van der Waals surface area contributed by atoms with Crippen molar-refractivity contribution in [3.05, 3.63) is 0 Å². The van der Waals surface area contributed by atoms with Crippen LogP contribution in [0.4, 0.5) is 4.79 Å². The van der Waals surface area contributed by atoms with Gasteiger partial charge >= 0.3 is 12.0 Å². The second-order valence-electron chi connectivity index (χ2n) is 5.88. The van der Waals surface area contributed by atoms with E-state index in [1.165, 1.54) is 0 Å². The minimum absolute atomic E-state index is 0.115. The lowest BCUT2D eigenvalue weighted by atomic mass is 10.1. The Labute approximate surface area is 114 Å². The second-order valence-corrected chi connectivity index (χ2v) is 5.88. The van der Waals surface area contributed by atoms with Crippen LogP contribution in [0.5, 0.6) is 0 Å². The van der Waals surface area contributed by atoms with Crippen LogP contribution in [0.2, 0.25) is 0 Å². The number of aliphatic carboxylic acids is 1. The number of carbonyl (C=O) groups excluding carboxylic acids is 1. The number of hydrogen-bond acceptors (Lipinski definition) is 2. The quantitative estimate of drug-likeness (QED) is 0.853. The van der Waals surface area contributed by atoms with Gasteiger partial charge in [0.1, 0.15) is 0 Å². The zero-order chi connectivity index (χ0) is 14.0. The summed E-state index contributed by atoms with van der Waals surface area (Å²) in [6.45, 7) is 5.54. The van der Waals surface area contributed by atoms with Gasteiger partial charge in [-0.05, 0) is 38.5 Å². The average Bonchev–Trinajstić information content (AvgIpc) is 2.94. The number of amides is 2. The van der Waals surface area contributed by atoms with Gasteiger partial charge in [-0.2, -0.15) is 0 Å². The van der Waals surface area contributed by atoms with Crippen molar-refractivity contribution in [3.8, 4) is 0 Å². The molecule has 3 atom stereocenters. The fourth-order valence-electron chi connectivity index (χ4n) is 3.40. The summed E-state index contributed by atoms with van der Waals surface area (Å²) in [7, 11) is 0. The van der Waals surface area contributed by atoms with Gasteiger partial charge < -0.3 is 14.9 Å². The maximum Gasteiger partial charge on any atom is 0.320 e. The molecule has 2 aliphatic rings. The molecule has 2 aliphatic heterocycles. The molecule has 0 aromatic rings. The first kappa shape index (κ1) is 14.2. The number of rotatable bonds is 3. The number of carbonyl (C=O) groups is 2. The van der Waals surface area contributed by atoms with Crippen LogP contribution in [-0.4, -0.2) is 52.1 Å². The summed E-state index contributed by atoms with van der Waals surface area (Å²) in [5.74, 6) is -0.639. The molecule has 2 fully saturated rings. The molecule has 5 nitrogen and oxygen atoms in total. The molecule has 1 N–H and O–H groups in total. The summed E-state index contributed by atoms with van der Waals surface area (Å²) >= 11 is 0. The van der Waals surface area contributed by atoms with E-state index in [1.54, 1.807) is 0 Å². The molecule has 108 valence electrons. The Hall–Kier alpha value is -1.26. The van der Waals surface area contributed by atoms with E-state index in [0.717, 1.165) is 25.7 Å². The number of carboxylic acid groups (broad SMARTS) is 1.